The zero-order valence-electron chi connectivity index (χ0n) is 9.81. The van der Waals surface area contributed by atoms with Crippen LogP contribution >= 0.6 is 11.3 Å². The summed E-state index contributed by atoms with van der Waals surface area (Å²) in [4.78, 5) is 4.98. The largest absolute Gasteiger partial charge is 0.488 e. The molecule has 2 nitrogen and oxygen atoms in total. The van der Waals surface area contributed by atoms with Crippen molar-refractivity contribution in [1.29, 1.82) is 0 Å². The molecule has 88 valence electrons. The van der Waals surface area contributed by atoms with E-state index >= 15 is 0 Å². The number of nitrogens with zero attached hydrogens (tertiary/aromatic N) is 1. The first-order chi connectivity index (χ1) is 8.16. The van der Waals surface area contributed by atoms with Crippen molar-refractivity contribution >= 4 is 23.5 Å². The third-order valence-corrected chi connectivity index (χ3v) is 3.21. The first kappa shape index (κ1) is 12.1. The van der Waals surface area contributed by atoms with Gasteiger partial charge in [0.1, 0.15) is 18.2 Å². The molecule has 0 unspecified atom stereocenters. The minimum Gasteiger partial charge on any atom is -0.488 e. The van der Waals surface area contributed by atoms with E-state index in [4.69, 9.17) is 4.74 Å². The second kappa shape index (κ2) is 5.32. The molecule has 5 heteroatoms. The number of hydrogen-bond donors (Lipinski definition) is 0. The SMILES string of the molecule is CB(C)c1ccc(OCc2cncs2)cc1F. The predicted octanol–water partition coefficient (Wildman–Crippen LogP) is 2.82. The Bertz CT molecular complexity index is 487. The Kier molecular flexibility index (Phi) is 3.79. The summed E-state index contributed by atoms with van der Waals surface area (Å²) < 4.78 is 19.2. The molecule has 2 rings (SSSR count). The Balaban J connectivity index is 2.05. The number of benzene rings is 1. The van der Waals surface area contributed by atoms with E-state index in [9.17, 15) is 4.39 Å². The molecule has 0 amide bonds. The van der Waals surface area contributed by atoms with Gasteiger partial charge in [-0.05, 0) is 11.5 Å². The van der Waals surface area contributed by atoms with Crippen molar-refractivity contribution in [2.24, 2.45) is 0 Å². The van der Waals surface area contributed by atoms with E-state index in [1.807, 2.05) is 13.6 Å². The van der Waals surface area contributed by atoms with Crippen LogP contribution in [-0.4, -0.2) is 11.7 Å². The van der Waals surface area contributed by atoms with Gasteiger partial charge < -0.3 is 4.74 Å². The summed E-state index contributed by atoms with van der Waals surface area (Å²) in [6.07, 6.45) is 1.75. The fourth-order valence-electron chi connectivity index (χ4n) is 1.53. The lowest BCUT2D eigenvalue weighted by Gasteiger charge is -2.08. The van der Waals surface area contributed by atoms with Gasteiger partial charge in [-0.3, -0.25) is 4.98 Å². The molecule has 0 aliphatic carbocycles. The summed E-state index contributed by atoms with van der Waals surface area (Å²) in [5.74, 6) is 0.349. The first-order valence-corrected chi connectivity index (χ1v) is 6.34. The Morgan fingerprint density at radius 1 is 1.41 bits per heavy atom. The maximum Gasteiger partial charge on any atom is 0.173 e. The summed E-state index contributed by atoms with van der Waals surface area (Å²) >= 11 is 1.52. The van der Waals surface area contributed by atoms with Gasteiger partial charge >= 0.3 is 0 Å². The average molecular weight is 249 g/mol. The van der Waals surface area contributed by atoms with E-state index in [0.29, 0.717) is 12.4 Å². The summed E-state index contributed by atoms with van der Waals surface area (Å²) in [6, 6.07) is 5.03. The van der Waals surface area contributed by atoms with E-state index in [1.54, 1.807) is 23.8 Å². The minimum absolute atomic E-state index is 0.186. The smallest absolute Gasteiger partial charge is 0.173 e. The number of aromatic nitrogens is 1. The second-order valence-electron chi connectivity index (χ2n) is 4.09. The number of thiazole rings is 1. The second-order valence-corrected chi connectivity index (χ2v) is 5.07. The van der Waals surface area contributed by atoms with Crippen molar-refractivity contribution in [3.05, 3.63) is 40.6 Å². The maximum absolute atomic E-state index is 13.7. The van der Waals surface area contributed by atoms with Gasteiger partial charge in [0.15, 0.2) is 6.71 Å². The van der Waals surface area contributed by atoms with Gasteiger partial charge in [0.25, 0.3) is 0 Å². The standard InChI is InChI=1S/C12H13BFNOS/c1-13(2)11-4-3-9(5-12(11)14)16-7-10-6-15-8-17-10/h3-6,8H,7H2,1-2H3. The molecule has 0 saturated heterocycles. The third kappa shape index (κ3) is 3.06. The zero-order chi connectivity index (χ0) is 12.3. The van der Waals surface area contributed by atoms with Crippen molar-refractivity contribution in [2.75, 3.05) is 0 Å². The fourth-order valence-corrected chi connectivity index (χ4v) is 2.04. The van der Waals surface area contributed by atoms with Crippen LogP contribution in [0.5, 0.6) is 5.75 Å². The molecular weight excluding hydrogens is 236 g/mol. The highest BCUT2D eigenvalue weighted by Crippen LogP contribution is 2.15. The Hall–Kier alpha value is -1.36. The molecule has 0 atom stereocenters. The molecule has 0 N–H and O–H groups in total. The number of ether oxygens (including phenoxy) is 1. The highest BCUT2D eigenvalue weighted by molar-refractivity contribution is 7.09. The monoisotopic (exact) mass is 249 g/mol. The van der Waals surface area contributed by atoms with Gasteiger partial charge in [0.05, 0.1) is 10.4 Å². The van der Waals surface area contributed by atoms with Crippen LogP contribution in [0, 0.1) is 5.82 Å². The lowest BCUT2D eigenvalue weighted by Crippen LogP contribution is -2.25. The van der Waals surface area contributed by atoms with Crippen molar-refractivity contribution in [1.82, 2.24) is 4.98 Å². The topological polar surface area (TPSA) is 22.1 Å². The molecule has 1 aromatic heterocycles. The van der Waals surface area contributed by atoms with Gasteiger partial charge in [-0.1, -0.05) is 19.7 Å². The summed E-state index contributed by atoms with van der Waals surface area (Å²) in [7, 11) is 0. The van der Waals surface area contributed by atoms with Crippen molar-refractivity contribution in [3.63, 3.8) is 0 Å². The van der Waals surface area contributed by atoms with Crippen LogP contribution in [0.3, 0.4) is 0 Å². The van der Waals surface area contributed by atoms with Gasteiger partial charge in [0.2, 0.25) is 0 Å². The molecule has 17 heavy (non-hydrogen) atoms. The maximum atomic E-state index is 13.7. The molecule has 0 aliphatic rings. The normalized spacial score (nSPS) is 10.3. The minimum atomic E-state index is -0.207. The van der Waals surface area contributed by atoms with Crippen molar-refractivity contribution in [3.8, 4) is 5.75 Å². The molecule has 0 saturated carbocycles. The van der Waals surface area contributed by atoms with Crippen LogP contribution in [0.2, 0.25) is 13.6 Å². The lowest BCUT2D eigenvalue weighted by molar-refractivity contribution is 0.308. The first-order valence-electron chi connectivity index (χ1n) is 5.46. The van der Waals surface area contributed by atoms with Crippen molar-refractivity contribution < 1.29 is 9.13 Å². The van der Waals surface area contributed by atoms with Gasteiger partial charge in [0, 0.05) is 12.3 Å². The highest BCUT2D eigenvalue weighted by Gasteiger charge is 2.10. The van der Waals surface area contributed by atoms with Crippen LogP contribution in [0.4, 0.5) is 4.39 Å². The summed E-state index contributed by atoms with van der Waals surface area (Å²) in [6.45, 7) is 4.56. The van der Waals surface area contributed by atoms with E-state index in [2.05, 4.69) is 4.98 Å². The molecule has 1 heterocycles. The summed E-state index contributed by atoms with van der Waals surface area (Å²) in [5, 5.41) is 0. The van der Waals surface area contributed by atoms with Crippen LogP contribution in [-0.2, 0) is 6.61 Å². The Morgan fingerprint density at radius 3 is 2.82 bits per heavy atom. The average Bonchev–Trinajstić information content (AvgIpc) is 2.78. The van der Waals surface area contributed by atoms with E-state index in [0.717, 1.165) is 10.3 Å². The number of halogens is 1. The highest BCUT2D eigenvalue weighted by atomic mass is 32.1. The molecule has 0 aliphatic heterocycles. The van der Waals surface area contributed by atoms with Crippen LogP contribution in [0.25, 0.3) is 0 Å². The van der Waals surface area contributed by atoms with E-state index < -0.39 is 0 Å². The summed E-state index contributed by atoms with van der Waals surface area (Å²) in [5.41, 5.74) is 2.47. The lowest BCUT2D eigenvalue weighted by atomic mass is 9.49. The number of rotatable bonds is 4. The molecule has 0 spiro atoms. The van der Waals surface area contributed by atoms with E-state index in [-0.39, 0.29) is 12.5 Å². The van der Waals surface area contributed by atoms with Gasteiger partial charge in [-0.2, -0.15) is 0 Å². The van der Waals surface area contributed by atoms with Gasteiger partial charge in [-0.25, -0.2) is 4.39 Å². The van der Waals surface area contributed by atoms with E-state index in [1.165, 1.54) is 17.4 Å². The van der Waals surface area contributed by atoms with Crippen LogP contribution < -0.4 is 10.2 Å². The predicted molar refractivity (Wildman–Crippen MR) is 70.0 cm³/mol. The Labute approximate surface area is 105 Å². The van der Waals surface area contributed by atoms with Crippen LogP contribution in [0.15, 0.2) is 29.9 Å². The Morgan fingerprint density at radius 2 is 2.24 bits per heavy atom. The molecule has 1 aromatic carbocycles. The van der Waals surface area contributed by atoms with Crippen molar-refractivity contribution in [2.45, 2.75) is 20.3 Å². The third-order valence-electron chi connectivity index (χ3n) is 2.46. The quantitative estimate of drug-likeness (QED) is 0.777. The number of hydrogen-bond acceptors (Lipinski definition) is 3. The van der Waals surface area contributed by atoms with Gasteiger partial charge in [-0.15, -0.1) is 11.3 Å². The molecule has 0 fully saturated rings. The van der Waals surface area contributed by atoms with Crippen LogP contribution in [0.1, 0.15) is 4.88 Å². The fraction of sp³-hybridized carbons (Fsp3) is 0.250. The molecular formula is C12H13BFNOS. The molecule has 2 aromatic rings. The molecule has 0 bridgehead atoms. The molecule has 0 radical (unpaired) electrons. The zero-order valence-corrected chi connectivity index (χ0v) is 10.6.